The number of nitrogens with zero attached hydrogens (tertiary/aromatic N) is 3. The number of piperidine rings is 2. The maximum Gasteiger partial charge on any atom is 0.255 e. The van der Waals surface area contributed by atoms with Crippen LogP contribution < -0.4 is 4.90 Å². The summed E-state index contributed by atoms with van der Waals surface area (Å²) in [5.74, 6) is -0.0434. The van der Waals surface area contributed by atoms with Gasteiger partial charge < -0.3 is 9.80 Å². The van der Waals surface area contributed by atoms with E-state index in [9.17, 15) is 13.2 Å². The Bertz CT molecular complexity index is 852. The summed E-state index contributed by atoms with van der Waals surface area (Å²) in [6, 6.07) is 5.49. The first-order valence-corrected chi connectivity index (χ1v) is 13.1. The van der Waals surface area contributed by atoms with Crippen LogP contribution >= 0.6 is 0 Å². The molecule has 1 aliphatic carbocycles. The van der Waals surface area contributed by atoms with Crippen LogP contribution in [-0.4, -0.2) is 62.8 Å². The van der Waals surface area contributed by atoms with Gasteiger partial charge in [-0.05, 0) is 63.1 Å². The third-order valence-electron chi connectivity index (χ3n) is 7.04. The lowest BCUT2D eigenvalue weighted by atomic mass is 10.1. The van der Waals surface area contributed by atoms with E-state index in [1.54, 1.807) is 16.4 Å². The quantitative estimate of drug-likeness (QED) is 0.707. The van der Waals surface area contributed by atoms with E-state index in [4.69, 9.17) is 0 Å². The number of amides is 1. The predicted molar refractivity (Wildman–Crippen MR) is 119 cm³/mol. The average molecular weight is 434 g/mol. The average Bonchev–Trinajstić information content (AvgIpc) is 3.34. The highest BCUT2D eigenvalue weighted by Crippen LogP contribution is 2.31. The van der Waals surface area contributed by atoms with Gasteiger partial charge in [0, 0.05) is 45.0 Å². The maximum absolute atomic E-state index is 13.5. The van der Waals surface area contributed by atoms with Crippen molar-refractivity contribution in [3.05, 3.63) is 23.8 Å². The van der Waals surface area contributed by atoms with E-state index in [-0.39, 0.29) is 16.8 Å². The molecule has 0 aromatic heterocycles. The molecule has 3 aliphatic rings. The zero-order chi connectivity index (χ0) is 21.1. The van der Waals surface area contributed by atoms with Crippen LogP contribution in [0.15, 0.2) is 23.1 Å². The van der Waals surface area contributed by atoms with Gasteiger partial charge in [-0.2, -0.15) is 4.31 Å². The zero-order valence-electron chi connectivity index (χ0n) is 18.2. The van der Waals surface area contributed by atoms with Crippen molar-refractivity contribution in [3.63, 3.8) is 0 Å². The summed E-state index contributed by atoms with van der Waals surface area (Å²) in [6.07, 6.45) is 10.7. The maximum atomic E-state index is 13.5. The number of carbonyl (C=O) groups excluding carboxylic acids is 1. The van der Waals surface area contributed by atoms with Crippen LogP contribution in [0.3, 0.4) is 0 Å². The molecule has 1 aromatic carbocycles. The van der Waals surface area contributed by atoms with Gasteiger partial charge in [-0.1, -0.05) is 19.3 Å². The molecule has 2 saturated heterocycles. The predicted octanol–water partition coefficient (Wildman–Crippen LogP) is 3.87. The summed E-state index contributed by atoms with van der Waals surface area (Å²) in [4.78, 5) is 17.9. The molecule has 166 valence electrons. The molecule has 1 aromatic rings. The van der Waals surface area contributed by atoms with Crippen molar-refractivity contribution in [2.75, 3.05) is 38.1 Å². The van der Waals surface area contributed by atoms with E-state index < -0.39 is 10.0 Å². The molecule has 1 amide bonds. The summed E-state index contributed by atoms with van der Waals surface area (Å²) < 4.78 is 28.1. The molecule has 4 rings (SSSR count). The summed E-state index contributed by atoms with van der Waals surface area (Å²) >= 11 is 0. The third kappa shape index (κ3) is 4.37. The molecule has 7 heteroatoms. The second-order valence-electron chi connectivity index (χ2n) is 9.05. The SMILES string of the molecule is CN(C(=O)c1cc(S(=O)(=O)N2CCCCC2)ccc1N1CCCCC1)C1CCCC1. The topological polar surface area (TPSA) is 60.9 Å². The highest BCUT2D eigenvalue weighted by Gasteiger charge is 2.31. The van der Waals surface area contributed by atoms with Crippen LogP contribution in [0.4, 0.5) is 5.69 Å². The highest BCUT2D eigenvalue weighted by atomic mass is 32.2. The normalized spacial score (nSPS) is 21.7. The third-order valence-corrected chi connectivity index (χ3v) is 8.94. The van der Waals surface area contributed by atoms with Gasteiger partial charge in [0.1, 0.15) is 0 Å². The van der Waals surface area contributed by atoms with Gasteiger partial charge in [-0.25, -0.2) is 8.42 Å². The Kier molecular flexibility index (Phi) is 6.68. The van der Waals surface area contributed by atoms with E-state index in [0.29, 0.717) is 18.7 Å². The minimum Gasteiger partial charge on any atom is -0.371 e. The number of hydrogen-bond acceptors (Lipinski definition) is 4. The van der Waals surface area contributed by atoms with E-state index in [1.807, 2.05) is 18.0 Å². The van der Waals surface area contributed by atoms with Gasteiger partial charge in [0.25, 0.3) is 5.91 Å². The Balaban J connectivity index is 1.69. The Morgan fingerprint density at radius 2 is 1.50 bits per heavy atom. The number of rotatable bonds is 5. The highest BCUT2D eigenvalue weighted by molar-refractivity contribution is 7.89. The molecular formula is C23H35N3O3S. The monoisotopic (exact) mass is 433 g/mol. The van der Waals surface area contributed by atoms with Crippen LogP contribution in [0.25, 0.3) is 0 Å². The summed E-state index contributed by atoms with van der Waals surface area (Å²) in [5, 5.41) is 0. The lowest BCUT2D eigenvalue weighted by Crippen LogP contribution is -2.38. The molecule has 0 atom stereocenters. The van der Waals surface area contributed by atoms with Crippen molar-refractivity contribution in [1.82, 2.24) is 9.21 Å². The van der Waals surface area contributed by atoms with Crippen LogP contribution in [0, 0.1) is 0 Å². The molecule has 3 fully saturated rings. The standard InChI is InChI=1S/C23H35N3O3S/c1-24(19-10-4-5-11-19)23(27)21-18-20(30(28,29)26-16-8-3-9-17-26)12-13-22(21)25-14-6-2-7-15-25/h12-13,18-19H,2-11,14-17H2,1H3. The minimum atomic E-state index is -3.57. The fourth-order valence-corrected chi connectivity index (χ4v) is 6.70. The lowest BCUT2D eigenvalue weighted by molar-refractivity contribution is 0.0735. The Morgan fingerprint density at radius 1 is 0.900 bits per heavy atom. The number of benzene rings is 1. The van der Waals surface area contributed by atoms with Gasteiger partial charge in [-0.15, -0.1) is 0 Å². The molecule has 6 nitrogen and oxygen atoms in total. The van der Waals surface area contributed by atoms with Crippen LogP contribution in [0.1, 0.15) is 74.6 Å². The minimum absolute atomic E-state index is 0.0434. The lowest BCUT2D eigenvalue weighted by Gasteiger charge is -2.33. The number of sulfonamides is 1. The van der Waals surface area contributed by atoms with Gasteiger partial charge in [0.2, 0.25) is 10.0 Å². The van der Waals surface area contributed by atoms with E-state index in [0.717, 1.165) is 76.6 Å². The second kappa shape index (κ2) is 9.27. The van der Waals surface area contributed by atoms with Crippen molar-refractivity contribution >= 4 is 21.6 Å². The Hall–Kier alpha value is -1.60. The Morgan fingerprint density at radius 3 is 2.13 bits per heavy atom. The molecule has 1 saturated carbocycles. The van der Waals surface area contributed by atoms with Gasteiger partial charge in [0.15, 0.2) is 0 Å². The number of hydrogen-bond donors (Lipinski definition) is 0. The fourth-order valence-electron chi connectivity index (χ4n) is 5.16. The molecule has 0 N–H and O–H groups in total. The van der Waals surface area contributed by atoms with Gasteiger partial charge in [0.05, 0.1) is 10.5 Å². The summed E-state index contributed by atoms with van der Waals surface area (Å²) in [7, 11) is -1.69. The second-order valence-corrected chi connectivity index (χ2v) is 11.0. The van der Waals surface area contributed by atoms with Crippen LogP contribution in [0.5, 0.6) is 0 Å². The van der Waals surface area contributed by atoms with Crippen molar-refractivity contribution < 1.29 is 13.2 Å². The molecule has 2 heterocycles. The molecule has 0 bridgehead atoms. The van der Waals surface area contributed by atoms with Crippen molar-refractivity contribution in [1.29, 1.82) is 0 Å². The van der Waals surface area contributed by atoms with Gasteiger partial charge >= 0.3 is 0 Å². The van der Waals surface area contributed by atoms with Gasteiger partial charge in [-0.3, -0.25) is 4.79 Å². The Labute approximate surface area is 181 Å². The van der Waals surface area contributed by atoms with E-state index in [1.165, 1.54) is 6.42 Å². The van der Waals surface area contributed by atoms with Crippen LogP contribution in [-0.2, 0) is 10.0 Å². The van der Waals surface area contributed by atoms with Crippen LogP contribution in [0.2, 0.25) is 0 Å². The van der Waals surface area contributed by atoms with Crippen molar-refractivity contribution in [2.24, 2.45) is 0 Å². The van der Waals surface area contributed by atoms with E-state index in [2.05, 4.69) is 4.90 Å². The molecular weight excluding hydrogens is 398 g/mol. The van der Waals surface area contributed by atoms with E-state index >= 15 is 0 Å². The molecule has 30 heavy (non-hydrogen) atoms. The van der Waals surface area contributed by atoms with Crippen molar-refractivity contribution in [3.8, 4) is 0 Å². The number of anilines is 1. The zero-order valence-corrected chi connectivity index (χ0v) is 19.0. The number of carbonyl (C=O) groups is 1. The summed E-state index contributed by atoms with van der Waals surface area (Å²) in [5.41, 5.74) is 1.44. The first-order valence-electron chi connectivity index (χ1n) is 11.6. The molecule has 2 aliphatic heterocycles. The van der Waals surface area contributed by atoms with Crippen molar-refractivity contribution in [2.45, 2.75) is 75.1 Å². The smallest absolute Gasteiger partial charge is 0.255 e. The largest absolute Gasteiger partial charge is 0.371 e. The fraction of sp³-hybridized carbons (Fsp3) is 0.696. The first-order chi connectivity index (χ1) is 14.5. The molecule has 0 radical (unpaired) electrons. The first kappa shape index (κ1) is 21.6. The molecule has 0 spiro atoms. The molecule has 0 unspecified atom stereocenters. The summed E-state index contributed by atoms with van der Waals surface area (Å²) in [6.45, 7) is 2.99.